The number of carbonyl (C=O) groups is 2. The SMILES string of the molecule is Cc1cc(C(F)(F)F)ccc1CCCC(=O)c1ccc(Oc2cc3c(cc2Cl)C(C(=O)O)CCO3)cc1. The fourth-order valence-corrected chi connectivity index (χ4v) is 4.51. The number of ether oxygens (including phenoxy) is 2. The molecule has 0 fully saturated rings. The molecule has 4 rings (SSSR count). The molecule has 5 nitrogen and oxygen atoms in total. The van der Waals surface area contributed by atoms with Crippen molar-refractivity contribution in [1.29, 1.82) is 0 Å². The minimum Gasteiger partial charge on any atom is -0.493 e. The van der Waals surface area contributed by atoms with Crippen LogP contribution in [0.25, 0.3) is 0 Å². The standard InChI is InChI=1S/C28H24ClF3O5/c1-16-13-19(28(30,31)32)8-5-17(16)3-2-4-24(33)18-6-9-20(10-7-18)37-26-15-25-22(14-23(26)29)21(27(34)35)11-12-36-25/h5-10,13-15,21H,2-4,11-12H2,1H3,(H,34,35). The molecule has 194 valence electrons. The zero-order valence-corrected chi connectivity index (χ0v) is 20.7. The molecular formula is C28H24ClF3O5. The first-order chi connectivity index (χ1) is 17.5. The molecule has 1 aliphatic rings. The van der Waals surface area contributed by atoms with Crippen LogP contribution in [-0.2, 0) is 17.4 Å². The number of fused-ring (bicyclic) bond motifs is 1. The Balaban J connectivity index is 1.36. The van der Waals surface area contributed by atoms with E-state index in [2.05, 4.69) is 0 Å². The Bertz CT molecular complexity index is 1320. The molecule has 0 saturated heterocycles. The summed E-state index contributed by atoms with van der Waals surface area (Å²) in [5.41, 5.74) is 1.64. The molecular weight excluding hydrogens is 509 g/mol. The van der Waals surface area contributed by atoms with E-state index >= 15 is 0 Å². The zero-order valence-electron chi connectivity index (χ0n) is 19.9. The normalized spacial score (nSPS) is 15.0. The van der Waals surface area contributed by atoms with Gasteiger partial charge in [0.05, 0.1) is 23.1 Å². The van der Waals surface area contributed by atoms with Gasteiger partial charge in [0.2, 0.25) is 0 Å². The number of benzene rings is 3. The van der Waals surface area contributed by atoms with Crippen molar-refractivity contribution in [3.05, 3.63) is 87.4 Å². The highest BCUT2D eigenvalue weighted by Crippen LogP contribution is 2.42. The quantitative estimate of drug-likeness (QED) is 0.302. The molecule has 0 spiro atoms. The second-order valence-electron chi connectivity index (χ2n) is 8.89. The van der Waals surface area contributed by atoms with Crippen LogP contribution in [0.1, 0.15) is 57.8 Å². The van der Waals surface area contributed by atoms with Crippen LogP contribution in [0.5, 0.6) is 17.2 Å². The van der Waals surface area contributed by atoms with Gasteiger partial charge >= 0.3 is 12.1 Å². The maximum atomic E-state index is 12.8. The van der Waals surface area contributed by atoms with Crippen molar-refractivity contribution in [3.63, 3.8) is 0 Å². The van der Waals surface area contributed by atoms with Crippen molar-refractivity contribution in [1.82, 2.24) is 0 Å². The zero-order chi connectivity index (χ0) is 26.7. The third-order valence-corrected chi connectivity index (χ3v) is 6.62. The first kappa shape index (κ1) is 26.5. The summed E-state index contributed by atoms with van der Waals surface area (Å²) in [6.45, 7) is 1.91. The molecule has 0 radical (unpaired) electrons. The number of hydrogen-bond donors (Lipinski definition) is 1. The molecule has 1 heterocycles. The maximum Gasteiger partial charge on any atom is 0.416 e. The summed E-state index contributed by atoms with van der Waals surface area (Å²) in [5, 5.41) is 9.66. The van der Waals surface area contributed by atoms with Crippen LogP contribution in [0.15, 0.2) is 54.6 Å². The van der Waals surface area contributed by atoms with Crippen molar-refractivity contribution in [2.45, 2.75) is 44.7 Å². The van der Waals surface area contributed by atoms with Crippen molar-refractivity contribution in [2.24, 2.45) is 0 Å². The average molecular weight is 533 g/mol. The van der Waals surface area contributed by atoms with Gasteiger partial charge in [0.15, 0.2) is 5.78 Å². The fourth-order valence-electron chi connectivity index (χ4n) is 4.30. The van der Waals surface area contributed by atoms with Crippen LogP contribution in [0, 0.1) is 6.92 Å². The summed E-state index contributed by atoms with van der Waals surface area (Å²) in [4.78, 5) is 24.1. The third-order valence-electron chi connectivity index (χ3n) is 6.33. The molecule has 37 heavy (non-hydrogen) atoms. The van der Waals surface area contributed by atoms with Crippen molar-refractivity contribution in [3.8, 4) is 17.2 Å². The topological polar surface area (TPSA) is 72.8 Å². The van der Waals surface area contributed by atoms with Crippen LogP contribution in [0.2, 0.25) is 5.02 Å². The number of ketones is 1. The van der Waals surface area contributed by atoms with Crippen LogP contribution in [0.4, 0.5) is 13.2 Å². The van der Waals surface area contributed by atoms with E-state index in [4.69, 9.17) is 21.1 Å². The molecule has 3 aromatic rings. The van der Waals surface area contributed by atoms with Gasteiger partial charge in [-0.3, -0.25) is 9.59 Å². The highest BCUT2D eigenvalue weighted by Gasteiger charge is 2.31. The van der Waals surface area contributed by atoms with Crippen LogP contribution >= 0.6 is 11.6 Å². The minimum absolute atomic E-state index is 0.0870. The lowest BCUT2D eigenvalue weighted by Crippen LogP contribution is -2.20. The number of hydrogen-bond acceptors (Lipinski definition) is 4. The van der Waals surface area contributed by atoms with Gasteiger partial charge in [-0.2, -0.15) is 13.2 Å². The molecule has 0 bridgehead atoms. The van der Waals surface area contributed by atoms with E-state index in [9.17, 15) is 27.9 Å². The highest BCUT2D eigenvalue weighted by atomic mass is 35.5. The Morgan fingerprint density at radius 3 is 2.49 bits per heavy atom. The fraction of sp³-hybridized carbons (Fsp3) is 0.286. The number of halogens is 4. The molecule has 0 amide bonds. The van der Waals surface area contributed by atoms with E-state index in [0.29, 0.717) is 53.2 Å². The van der Waals surface area contributed by atoms with E-state index < -0.39 is 23.6 Å². The van der Waals surface area contributed by atoms with E-state index in [1.54, 1.807) is 43.3 Å². The van der Waals surface area contributed by atoms with E-state index in [-0.39, 0.29) is 23.8 Å². The van der Waals surface area contributed by atoms with Gasteiger partial charge in [-0.1, -0.05) is 17.7 Å². The lowest BCUT2D eigenvalue weighted by Gasteiger charge is -2.24. The van der Waals surface area contributed by atoms with Crippen LogP contribution < -0.4 is 9.47 Å². The molecule has 3 aromatic carbocycles. The summed E-state index contributed by atoms with van der Waals surface area (Å²) in [5.74, 6) is -0.571. The Morgan fingerprint density at radius 1 is 1.11 bits per heavy atom. The summed E-state index contributed by atoms with van der Waals surface area (Å²) < 4.78 is 49.9. The number of rotatable bonds is 8. The molecule has 1 aliphatic heterocycles. The van der Waals surface area contributed by atoms with E-state index in [1.165, 1.54) is 6.07 Å². The summed E-state index contributed by atoms with van der Waals surface area (Å²) in [6, 6.07) is 13.3. The minimum atomic E-state index is -4.38. The molecule has 1 N–H and O–H groups in total. The third kappa shape index (κ3) is 6.25. The molecule has 0 aromatic heterocycles. The van der Waals surface area contributed by atoms with Gasteiger partial charge in [-0.05, 0) is 79.8 Å². The van der Waals surface area contributed by atoms with Gasteiger partial charge in [0.1, 0.15) is 17.2 Å². The molecule has 1 atom stereocenters. The number of carboxylic acid groups (broad SMARTS) is 1. The number of Topliss-reactive ketones (excluding diaryl/α,β-unsaturated/α-hetero) is 1. The molecule has 9 heteroatoms. The monoisotopic (exact) mass is 532 g/mol. The number of aliphatic carboxylic acids is 1. The Hall–Kier alpha value is -3.52. The lowest BCUT2D eigenvalue weighted by molar-refractivity contribution is -0.139. The van der Waals surface area contributed by atoms with Crippen molar-refractivity contribution < 1.29 is 37.3 Å². The van der Waals surface area contributed by atoms with Crippen LogP contribution in [0.3, 0.4) is 0 Å². The first-order valence-corrected chi connectivity index (χ1v) is 12.1. The maximum absolute atomic E-state index is 12.8. The Morgan fingerprint density at radius 2 is 1.84 bits per heavy atom. The number of carbonyl (C=O) groups excluding carboxylic acids is 1. The van der Waals surface area contributed by atoms with Gasteiger partial charge in [0.25, 0.3) is 0 Å². The predicted molar refractivity (Wildman–Crippen MR) is 132 cm³/mol. The molecule has 0 saturated carbocycles. The lowest BCUT2D eigenvalue weighted by atomic mass is 9.93. The van der Waals surface area contributed by atoms with Gasteiger partial charge in [0, 0.05) is 23.6 Å². The van der Waals surface area contributed by atoms with Crippen molar-refractivity contribution >= 4 is 23.4 Å². The van der Waals surface area contributed by atoms with E-state index in [1.807, 2.05) is 0 Å². The van der Waals surface area contributed by atoms with Gasteiger partial charge < -0.3 is 14.6 Å². The summed E-state index contributed by atoms with van der Waals surface area (Å²) in [6.07, 6.45) is -2.76. The smallest absolute Gasteiger partial charge is 0.416 e. The van der Waals surface area contributed by atoms with E-state index in [0.717, 1.165) is 17.7 Å². The van der Waals surface area contributed by atoms with Crippen LogP contribution in [-0.4, -0.2) is 23.5 Å². The molecule has 1 unspecified atom stereocenters. The Kier molecular flexibility index (Phi) is 7.78. The predicted octanol–water partition coefficient (Wildman–Crippen LogP) is 7.62. The first-order valence-electron chi connectivity index (χ1n) is 11.7. The highest BCUT2D eigenvalue weighted by molar-refractivity contribution is 6.32. The Labute approximate surface area is 216 Å². The average Bonchev–Trinajstić information content (AvgIpc) is 2.84. The summed E-state index contributed by atoms with van der Waals surface area (Å²) >= 11 is 6.33. The van der Waals surface area contributed by atoms with Crippen molar-refractivity contribution in [2.75, 3.05) is 6.61 Å². The summed E-state index contributed by atoms with van der Waals surface area (Å²) in [7, 11) is 0. The van der Waals surface area contributed by atoms with Gasteiger partial charge in [-0.15, -0.1) is 0 Å². The number of alkyl halides is 3. The van der Waals surface area contributed by atoms with Gasteiger partial charge in [-0.25, -0.2) is 0 Å². The number of carboxylic acids is 1. The number of aryl methyl sites for hydroxylation is 2. The second-order valence-corrected chi connectivity index (χ2v) is 9.30. The molecule has 0 aliphatic carbocycles. The second kappa shape index (κ2) is 10.8. The largest absolute Gasteiger partial charge is 0.493 e.